The maximum absolute atomic E-state index is 12.0. The second kappa shape index (κ2) is 8.39. The van der Waals surface area contributed by atoms with E-state index in [0.29, 0.717) is 19.6 Å². The Labute approximate surface area is 144 Å². The lowest BCUT2D eigenvalue weighted by Gasteiger charge is -2.14. The number of nitrogens with one attached hydrogen (secondary N) is 1. The lowest BCUT2D eigenvalue weighted by molar-refractivity contribution is -0.121. The van der Waals surface area contributed by atoms with Crippen molar-refractivity contribution in [1.82, 2.24) is 5.32 Å². The highest BCUT2D eigenvalue weighted by atomic mass is 16.5. The number of anilines is 1. The van der Waals surface area contributed by atoms with E-state index in [1.54, 1.807) is 0 Å². The molecule has 0 saturated heterocycles. The van der Waals surface area contributed by atoms with Gasteiger partial charge in [0.25, 0.3) is 0 Å². The van der Waals surface area contributed by atoms with Crippen molar-refractivity contribution in [1.29, 1.82) is 0 Å². The molecule has 0 atom stereocenters. The van der Waals surface area contributed by atoms with Gasteiger partial charge in [-0.05, 0) is 43.2 Å². The Bertz CT molecular complexity index is 696. The third kappa shape index (κ3) is 5.30. The average molecular weight is 326 g/mol. The number of carbonyl (C=O) groups excluding carboxylic acids is 1. The highest BCUT2D eigenvalue weighted by Gasteiger charge is 2.05. The Morgan fingerprint density at radius 2 is 1.92 bits per heavy atom. The van der Waals surface area contributed by atoms with Crippen LogP contribution in [0, 0.1) is 13.8 Å². The van der Waals surface area contributed by atoms with Crippen LogP contribution in [0.15, 0.2) is 42.5 Å². The van der Waals surface area contributed by atoms with Gasteiger partial charge in [-0.1, -0.05) is 29.8 Å². The normalized spacial score (nSPS) is 10.3. The molecule has 24 heavy (non-hydrogen) atoms. The van der Waals surface area contributed by atoms with Gasteiger partial charge in [-0.2, -0.15) is 0 Å². The van der Waals surface area contributed by atoms with Gasteiger partial charge >= 0.3 is 0 Å². The van der Waals surface area contributed by atoms with E-state index in [4.69, 9.17) is 4.74 Å². The van der Waals surface area contributed by atoms with Crippen LogP contribution < -0.4 is 15.0 Å². The zero-order valence-electron chi connectivity index (χ0n) is 14.9. The monoisotopic (exact) mass is 326 g/mol. The van der Waals surface area contributed by atoms with Gasteiger partial charge in [0, 0.05) is 26.3 Å². The average Bonchev–Trinajstić information content (AvgIpc) is 2.55. The Kier molecular flexibility index (Phi) is 6.24. The summed E-state index contributed by atoms with van der Waals surface area (Å²) in [6.07, 6.45) is 0.348. The van der Waals surface area contributed by atoms with Crippen molar-refractivity contribution in [2.75, 3.05) is 25.6 Å². The molecule has 4 heteroatoms. The summed E-state index contributed by atoms with van der Waals surface area (Å²) in [7, 11) is 4.00. The van der Waals surface area contributed by atoms with Crippen LogP contribution in [0.1, 0.15) is 23.1 Å². The van der Waals surface area contributed by atoms with Crippen molar-refractivity contribution in [3.63, 3.8) is 0 Å². The summed E-state index contributed by atoms with van der Waals surface area (Å²) in [6, 6.07) is 14.2. The molecule has 0 aliphatic carbocycles. The number of ether oxygens (including phenoxy) is 1. The van der Waals surface area contributed by atoms with Crippen LogP contribution in [0.3, 0.4) is 0 Å². The maximum atomic E-state index is 12.0. The summed E-state index contributed by atoms with van der Waals surface area (Å²) in [5, 5.41) is 2.94. The number of hydrogen-bond acceptors (Lipinski definition) is 3. The van der Waals surface area contributed by atoms with E-state index in [-0.39, 0.29) is 5.91 Å². The number of rotatable bonds is 7. The summed E-state index contributed by atoms with van der Waals surface area (Å²) >= 11 is 0. The van der Waals surface area contributed by atoms with Crippen LogP contribution >= 0.6 is 0 Å². The number of carbonyl (C=O) groups is 1. The first kappa shape index (κ1) is 17.9. The molecule has 2 rings (SSSR count). The van der Waals surface area contributed by atoms with Crippen LogP contribution in [0.2, 0.25) is 0 Å². The Morgan fingerprint density at radius 1 is 1.12 bits per heavy atom. The molecule has 0 heterocycles. The van der Waals surface area contributed by atoms with Gasteiger partial charge in [0.1, 0.15) is 5.75 Å². The Balaban J connectivity index is 1.76. The van der Waals surface area contributed by atoms with Crippen LogP contribution in [0.25, 0.3) is 0 Å². The number of nitrogens with zero attached hydrogens (tertiary/aromatic N) is 1. The molecule has 0 aromatic heterocycles. The molecule has 0 unspecified atom stereocenters. The second-order valence-electron chi connectivity index (χ2n) is 6.21. The third-order valence-corrected chi connectivity index (χ3v) is 3.83. The zero-order chi connectivity index (χ0) is 17.5. The second-order valence-corrected chi connectivity index (χ2v) is 6.21. The molecule has 0 radical (unpaired) electrons. The van der Waals surface area contributed by atoms with Gasteiger partial charge in [-0.3, -0.25) is 4.79 Å². The van der Waals surface area contributed by atoms with Crippen molar-refractivity contribution in [3.8, 4) is 5.75 Å². The van der Waals surface area contributed by atoms with Crippen molar-refractivity contribution in [3.05, 3.63) is 59.2 Å². The predicted octanol–water partition coefficient (Wildman–Crippen LogP) is 3.45. The fraction of sp³-hybridized carbons (Fsp3) is 0.350. The van der Waals surface area contributed by atoms with Crippen molar-refractivity contribution in [2.45, 2.75) is 26.8 Å². The fourth-order valence-corrected chi connectivity index (χ4v) is 2.45. The van der Waals surface area contributed by atoms with Gasteiger partial charge in [0.2, 0.25) is 5.91 Å². The number of aryl methyl sites for hydroxylation is 2. The van der Waals surface area contributed by atoms with Crippen LogP contribution in [0.4, 0.5) is 5.69 Å². The first-order chi connectivity index (χ1) is 11.5. The van der Waals surface area contributed by atoms with E-state index >= 15 is 0 Å². The first-order valence-electron chi connectivity index (χ1n) is 8.19. The van der Waals surface area contributed by atoms with Gasteiger partial charge in [-0.25, -0.2) is 0 Å². The Hall–Kier alpha value is -2.49. The summed E-state index contributed by atoms with van der Waals surface area (Å²) in [5.74, 6) is 0.835. The first-order valence-corrected chi connectivity index (χ1v) is 8.19. The maximum Gasteiger partial charge on any atom is 0.223 e. The van der Waals surface area contributed by atoms with Crippen LogP contribution in [0.5, 0.6) is 5.75 Å². The molecular weight excluding hydrogens is 300 g/mol. The van der Waals surface area contributed by atoms with E-state index in [1.165, 1.54) is 5.56 Å². The van der Waals surface area contributed by atoms with Crippen LogP contribution in [-0.2, 0) is 11.3 Å². The zero-order valence-corrected chi connectivity index (χ0v) is 14.9. The minimum atomic E-state index is -0.00461. The quantitative estimate of drug-likeness (QED) is 0.847. The highest BCUT2D eigenvalue weighted by Crippen LogP contribution is 2.18. The number of hydrogen-bond donors (Lipinski definition) is 1. The standard InChI is InChI=1S/C20H26N2O2/c1-15-8-9-19(16(2)12-15)24-11-10-20(23)21-14-17-6-5-7-18(13-17)22(3)4/h5-9,12-13H,10-11,14H2,1-4H3,(H,21,23). The molecule has 1 N–H and O–H groups in total. The van der Waals surface area contributed by atoms with E-state index in [0.717, 1.165) is 22.6 Å². The van der Waals surface area contributed by atoms with Crippen molar-refractivity contribution in [2.24, 2.45) is 0 Å². The molecule has 2 aromatic carbocycles. The molecule has 0 spiro atoms. The fourth-order valence-electron chi connectivity index (χ4n) is 2.45. The molecule has 4 nitrogen and oxygen atoms in total. The third-order valence-electron chi connectivity index (χ3n) is 3.83. The summed E-state index contributed by atoms with van der Waals surface area (Å²) in [4.78, 5) is 14.0. The van der Waals surface area contributed by atoms with Gasteiger partial charge in [-0.15, -0.1) is 0 Å². The Morgan fingerprint density at radius 3 is 2.62 bits per heavy atom. The van der Waals surface area contributed by atoms with Crippen molar-refractivity contribution < 1.29 is 9.53 Å². The smallest absolute Gasteiger partial charge is 0.223 e. The lowest BCUT2D eigenvalue weighted by atomic mass is 10.1. The molecule has 1 amide bonds. The topological polar surface area (TPSA) is 41.6 Å². The largest absolute Gasteiger partial charge is 0.493 e. The minimum Gasteiger partial charge on any atom is -0.493 e. The van der Waals surface area contributed by atoms with Gasteiger partial charge in [0.15, 0.2) is 0 Å². The highest BCUT2D eigenvalue weighted by molar-refractivity contribution is 5.76. The van der Waals surface area contributed by atoms with E-state index in [2.05, 4.69) is 24.4 Å². The molecule has 0 aliphatic rings. The van der Waals surface area contributed by atoms with E-state index < -0.39 is 0 Å². The molecule has 0 bridgehead atoms. The number of benzene rings is 2. The summed E-state index contributed by atoms with van der Waals surface area (Å²) in [6.45, 7) is 4.98. The molecular formula is C20H26N2O2. The molecule has 0 aliphatic heterocycles. The molecule has 2 aromatic rings. The minimum absolute atomic E-state index is 0.00461. The van der Waals surface area contributed by atoms with Gasteiger partial charge in [0.05, 0.1) is 13.0 Å². The summed E-state index contributed by atoms with van der Waals surface area (Å²) in [5.41, 5.74) is 4.51. The summed E-state index contributed by atoms with van der Waals surface area (Å²) < 4.78 is 5.70. The SMILES string of the molecule is Cc1ccc(OCCC(=O)NCc2cccc(N(C)C)c2)c(C)c1. The van der Waals surface area contributed by atoms with Crippen LogP contribution in [-0.4, -0.2) is 26.6 Å². The number of amides is 1. The lowest BCUT2D eigenvalue weighted by Crippen LogP contribution is -2.24. The van der Waals surface area contributed by atoms with Crippen molar-refractivity contribution >= 4 is 11.6 Å². The van der Waals surface area contributed by atoms with E-state index in [9.17, 15) is 4.79 Å². The molecule has 128 valence electrons. The molecule has 0 saturated carbocycles. The molecule has 0 fully saturated rings. The predicted molar refractivity (Wildman–Crippen MR) is 98.6 cm³/mol. The van der Waals surface area contributed by atoms with Gasteiger partial charge < -0.3 is 15.0 Å². The van der Waals surface area contributed by atoms with E-state index in [1.807, 2.05) is 56.3 Å².